The minimum atomic E-state index is -0.258. The van der Waals surface area contributed by atoms with Gasteiger partial charge in [0, 0.05) is 25.4 Å². The number of benzene rings is 1. The summed E-state index contributed by atoms with van der Waals surface area (Å²) >= 11 is 0. The zero-order valence-corrected chi connectivity index (χ0v) is 13.0. The third kappa shape index (κ3) is 4.26. The maximum atomic E-state index is 12.3. The second-order valence-electron chi connectivity index (χ2n) is 4.98. The van der Waals surface area contributed by atoms with Crippen molar-refractivity contribution in [2.45, 2.75) is 13.8 Å². The number of amides is 1. The summed E-state index contributed by atoms with van der Waals surface area (Å²) in [4.78, 5) is 20.4. The van der Waals surface area contributed by atoms with E-state index in [4.69, 9.17) is 4.74 Å². The summed E-state index contributed by atoms with van der Waals surface area (Å²) in [5.74, 6) is 0.337. The largest absolute Gasteiger partial charge is 0.383 e. The van der Waals surface area contributed by atoms with Gasteiger partial charge in [0.1, 0.15) is 17.8 Å². The van der Waals surface area contributed by atoms with Crippen LogP contribution >= 0.6 is 0 Å². The van der Waals surface area contributed by atoms with Gasteiger partial charge in [-0.15, -0.1) is 0 Å². The summed E-state index contributed by atoms with van der Waals surface area (Å²) in [6.07, 6.45) is 1.37. The average Bonchev–Trinajstić information content (AvgIpc) is 2.51. The quantitative estimate of drug-likeness (QED) is 0.801. The second kappa shape index (κ2) is 7.51. The third-order valence-corrected chi connectivity index (χ3v) is 3.15. The van der Waals surface area contributed by atoms with Crippen LogP contribution in [0.25, 0.3) is 0 Å². The molecule has 2 rings (SSSR count). The highest BCUT2D eigenvalue weighted by atomic mass is 16.5. The summed E-state index contributed by atoms with van der Waals surface area (Å²) in [6, 6.07) is 7.54. The maximum absolute atomic E-state index is 12.3. The van der Waals surface area contributed by atoms with Gasteiger partial charge in [0.2, 0.25) is 0 Å². The molecule has 0 fully saturated rings. The molecule has 0 unspecified atom stereocenters. The number of ether oxygens (including phenoxy) is 1. The molecule has 1 amide bonds. The van der Waals surface area contributed by atoms with E-state index in [2.05, 4.69) is 20.6 Å². The van der Waals surface area contributed by atoms with E-state index in [-0.39, 0.29) is 5.91 Å². The highest BCUT2D eigenvalue weighted by Crippen LogP contribution is 2.17. The molecule has 0 saturated heterocycles. The van der Waals surface area contributed by atoms with E-state index in [1.54, 1.807) is 13.2 Å². The predicted molar refractivity (Wildman–Crippen MR) is 86.3 cm³/mol. The Bertz CT molecular complexity index is 658. The van der Waals surface area contributed by atoms with E-state index in [0.717, 1.165) is 16.8 Å². The molecule has 0 bridgehead atoms. The third-order valence-electron chi connectivity index (χ3n) is 3.15. The number of rotatable bonds is 6. The molecule has 1 aromatic carbocycles. The Balaban J connectivity index is 2.09. The van der Waals surface area contributed by atoms with Crippen molar-refractivity contribution >= 4 is 17.4 Å². The van der Waals surface area contributed by atoms with Gasteiger partial charge < -0.3 is 15.4 Å². The smallest absolute Gasteiger partial charge is 0.274 e. The number of aryl methyl sites for hydroxylation is 2. The number of carbonyl (C=O) groups excluding carboxylic acids is 1. The highest BCUT2D eigenvalue weighted by Gasteiger charge is 2.10. The molecule has 0 aliphatic rings. The number of aromatic nitrogens is 2. The zero-order chi connectivity index (χ0) is 15.9. The number of anilines is 2. The van der Waals surface area contributed by atoms with Crippen molar-refractivity contribution in [1.82, 2.24) is 9.97 Å². The molecule has 2 aromatic rings. The van der Waals surface area contributed by atoms with Crippen molar-refractivity contribution < 1.29 is 9.53 Å². The molecule has 0 aliphatic heterocycles. The summed E-state index contributed by atoms with van der Waals surface area (Å²) < 4.78 is 4.96. The van der Waals surface area contributed by atoms with Gasteiger partial charge in [-0.1, -0.05) is 12.1 Å². The number of nitrogens with one attached hydrogen (secondary N) is 2. The average molecular weight is 300 g/mol. The van der Waals surface area contributed by atoms with E-state index in [0.29, 0.717) is 24.7 Å². The molecule has 22 heavy (non-hydrogen) atoms. The van der Waals surface area contributed by atoms with Crippen molar-refractivity contribution in [3.05, 3.63) is 47.4 Å². The Morgan fingerprint density at radius 1 is 1.23 bits per heavy atom. The van der Waals surface area contributed by atoms with Gasteiger partial charge in [-0.2, -0.15) is 0 Å². The van der Waals surface area contributed by atoms with Gasteiger partial charge in [-0.05, 0) is 31.0 Å². The Morgan fingerprint density at radius 2 is 2.05 bits per heavy atom. The first-order chi connectivity index (χ1) is 10.6. The van der Waals surface area contributed by atoms with E-state index in [1.807, 2.05) is 32.0 Å². The van der Waals surface area contributed by atoms with Crippen LogP contribution in [-0.2, 0) is 4.74 Å². The molecule has 1 aromatic heterocycles. The van der Waals surface area contributed by atoms with Crippen molar-refractivity contribution in [3.8, 4) is 0 Å². The molecular formula is C16H20N4O2. The maximum Gasteiger partial charge on any atom is 0.274 e. The zero-order valence-electron chi connectivity index (χ0n) is 13.0. The van der Waals surface area contributed by atoms with Crippen LogP contribution in [0.5, 0.6) is 0 Å². The first-order valence-corrected chi connectivity index (χ1v) is 7.03. The van der Waals surface area contributed by atoms with Gasteiger partial charge in [-0.25, -0.2) is 9.97 Å². The van der Waals surface area contributed by atoms with Crippen LogP contribution in [0.3, 0.4) is 0 Å². The number of carbonyl (C=O) groups is 1. The van der Waals surface area contributed by atoms with Crippen LogP contribution < -0.4 is 10.6 Å². The molecule has 1 heterocycles. The summed E-state index contributed by atoms with van der Waals surface area (Å²) in [7, 11) is 1.63. The lowest BCUT2D eigenvalue weighted by Crippen LogP contribution is -2.16. The van der Waals surface area contributed by atoms with Crippen LogP contribution in [-0.4, -0.2) is 36.1 Å². The molecule has 0 radical (unpaired) electrons. The fraction of sp³-hybridized carbons (Fsp3) is 0.312. The van der Waals surface area contributed by atoms with Crippen molar-refractivity contribution in [3.63, 3.8) is 0 Å². The van der Waals surface area contributed by atoms with Crippen LogP contribution in [0.1, 0.15) is 21.6 Å². The summed E-state index contributed by atoms with van der Waals surface area (Å²) in [5.41, 5.74) is 3.20. The van der Waals surface area contributed by atoms with Gasteiger partial charge in [0.05, 0.1) is 6.61 Å². The molecule has 0 saturated carbocycles. The fourth-order valence-electron chi connectivity index (χ4n) is 1.92. The van der Waals surface area contributed by atoms with Crippen molar-refractivity contribution in [1.29, 1.82) is 0 Å². The molecule has 116 valence electrons. The van der Waals surface area contributed by atoms with Crippen molar-refractivity contribution in [2.24, 2.45) is 0 Å². The number of hydrogen-bond acceptors (Lipinski definition) is 5. The van der Waals surface area contributed by atoms with Crippen molar-refractivity contribution in [2.75, 3.05) is 30.9 Å². The summed E-state index contributed by atoms with van der Waals surface area (Å²) in [6.45, 7) is 5.12. The van der Waals surface area contributed by atoms with Crippen LogP contribution in [0.2, 0.25) is 0 Å². The Hall–Kier alpha value is -2.47. The first kappa shape index (κ1) is 15.9. The van der Waals surface area contributed by atoms with E-state index in [1.165, 1.54) is 6.33 Å². The lowest BCUT2D eigenvalue weighted by molar-refractivity contribution is 0.102. The standard InChI is InChI=1S/C16H20N4O2/c1-11-4-5-12(2)13(8-11)20-16(21)14-9-15(19-10-18-14)17-6-7-22-3/h4-5,8-10H,6-7H2,1-3H3,(H,20,21)(H,17,18,19). The van der Waals surface area contributed by atoms with Crippen LogP contribution in [0.4, 0.5) is 11.5 Å². The fourth-order valence-corrected chi connectivity index (χ4v) is 1.92. The van der Waals surface area contributed by atoms with Gasteiger partial charge in [-0.3, -0.25) is 4.79 Å². The topological polar surface area (TPSA) is 76.1 Å². The molecule has 2 N–H and O–H groups in total. The van der Waals surface area contributed by atoms with Gasteiger partial charge in [0.25, 0.3) is 5.91 Å². The van der Waals surface area contributed by atoms with Crippen LogP contribution in [0, 0.1) is 13.8 Å². The second-order valence-corrected chi connectivity index (χ2v) is 4.98. The predicted octanol–water partition coefficient (Wildman–Crippen LogP) is 2.40. The van der Waals surface area contributed by atoms with E-state index >= 15 is 0 Å². The Kier molecular flexibility index (Phi) is 5.43. The molecular weight excluding hydrogens is 280 g/mol. The summed E-state index contributed by atoms with van der Waals surface area (Å²) in [5, 5.41) is 5.95. The van der Waals surface area contributed by atoms with Gasteiger partial charge in [0.15, 0.2) is 0 Å². The SMILES string of the molecule is COCCNc1cc(C(=O)Nc2cc(C)ccc2C)ncn1. The first-order valence-electron chi connectivity index (χ1n) is 7.03. The van der Waals surface area contributed by atoms with E-state index in [9.17, 15) is 4.79 Å². The molecule has 0 aliphatic carbocycles. The molecule has 0 atom stereocenters. The Labute approximate surface area is 129 Å². The monoisotopic (exact) mass is 300 g/mol. The minimum Gasteiger partial charge on any atom is -0.383 e. The van der Waals surface area contributed by atoms with Crippen LogP contribution in [0.15, 0.2) is 30.6 Å². The number of methoxy groups -OCH3 is 1. The highest BCUT2D eigenvalue weighted by molar-refractivity contribution is 6.03. The lowest BCUT2D eigenvalue weighted by Gasteiger charge is -2.10. The molecule has 6 nitrogen and oxygen atoms in total. The van der Waals surface area contributed by atoms with E-state index < -0.39 is 0 Å². The number of hydrogen-bond donors (Lipinski definition) is 2. The normalized spacial score (nSPS) is 10.3. The minimum absolute atomic E-state index is 0.258. The Morgan fingerprint density at radius 3 is 2.82 bits per heavy atom. The van der Waals surface area contributed by atoms with Gasteiger partial charge >= 0.3 is 0 Å². The molecule has 0 spiro atoms. The number of nitrogens with zero attached hydrogens (tertiary/aromatic N) is 2. The lowest BCUT2D eigenvalue weighted by atomic mass is 10.1. The molecule has 6 heteroatoms.